The molecule has 1 heterocycles. The Hall–Kier alpha value is -1.76. The van der Waals surface area contributed by atoms with Gasteiger partial charge < -0.3 is 5.11 Å². The maximum atomic E-state index is 12.7. The molecule has 2 aliphatic carbocycles. The van der Waals surface area contributed by atoms with Gasteiger partial charge in [-0.3, -0.25) is 18.5 Å². The molecule has 1 fully saturated rings. The lowest BCUT2D eigenvalue weighted by molar-refractivity contribution is -0.141. The lowest BCUT2D eigenvalue weighted by Crippen LogP contribution is -2.24. The summed E-state index contributed by atoms with van der Waals surface area (Å²) < 4.78 is 14.5. The van der Waals surface area contributed by atoms with Crippen molar-refractivity contribution >= 4 is 22.6 Å². The van der Waals surface area contributed by atoms with E-state index in [9.17, 15) is 18.9 Å². The highest BCUT2D eigenvalue weighted by Crippen LogP contribution is 2.56. The molecule has 1 aromatic heterocycles. The van der Waals surface area contributed by atoms with E-state index in [1.807, 2.05) is 11.6 Å². The van der Waals surface area contributed by atoms with E-state index < -0.39 is 22.2 Å². The number of hydrogen-bond acceptors (Lipinski definition) is 4. The number of aliphatic carboxylic acids is 1. The van der Waals surface area contributed by atoms with E-state index in [2.05, 4.69) is 12.0 Å². The Labute approximate surface area is 181 Å². The number of carbonyl (C=O) groups is 2. The number of nitrogens with zero attached hydrogens (tertiary/aromatic N) is 2. The molecule has 0 aliphatic heterocycles. The summed E-state index contributed by atoms with van der Waals surface area (Å²) >= 11 is 0. The molecule has 1 saturated carbocycles. The van der Waals surface area contributed by atoms with E-state index >= 15 is 0 Å². The van der Waals surface area contributed by atoms with Gasteiger partial charge in [-0.2, -0.15) is 5.10 Å². The zero-order valence-corrected chi connectivity index (χ0v) is 19.2. The Kier molecular flexibility index (Phi) is 7.32. The molecule has 2 unspecified atom stereocenters. The summed E-state index contributed by atoms with van der Waals surface area (Å²) in [6.45, 7) is 4.84. The monoisotopic (exact) mass is 434 g/mol. The van der Waals surface area contributed by atoms with Crippen LogP contribution < -0.4 is 0 Å². The predicted molar refractivity (Wildman–Crippen MR) is 117 cm³/mol. The Bertz CT molecular complexity index is 867. The maximum absolute atomic E-state index is 12.7. The molecule has 2 atom stereocenters. The average molecular weight is 435 g/mol. The van der Waals surface area contributed by atoms with Crippen LogP contribution in [0.25, 0.3) is 0 Å². The highest BCUT2D eigenvalue weighted by atomic mass is 32.2. The average Bonchev–Trinajstić information content (AvgIpc) is 3.43. The van der Waals surface area contributed by atoms with Crippen LogP contribution in [0.3, 0.4) is 0 Å². The third kappa shape index (κ3) is 4.76. The summed E-state index contributed by atoms with van der Waals surface area (Å²) in [7, 11) is -1.23. The van der Waals surface area contributed by atoms with Crippen LogP contribution in [0, 0.1) is 12.3 Å². The fraction of sp³-hybridized carbons (Fsp3) is 0.696. The van der Waals surface area contributed by atoms with Crippen LogP contribution in [0.1, 0.15) is 88.3 Å². The third-order valence-electron chi connectivity index (χ3n) is 6.55. The first-order valence-corrected chi connectivity index (χ1v) is 12.7. The molecule has 3 rings (SSSR count). The summed E-state index contributed by atoms with van der Waals surface area (Å²) in [6.07, 6.45) is 12.3. The molecule has 6 nitrogen and oxygen atoms in total. The van der Waals surface area contributed by atoms with Gasteiger partial charge in [0.1, 0.15) is 5.03 Å². The predicted octanol–water partition coefficient (Wildman–Crippen LogP) is 4.53. The largest absolute Gasteiger partial charge is 0.481 e. The molecule has 0 saturated heterocycles. The molecule has 1 aromatic rings. The van der Waals surface area contributed by atoms with Crippen molar-refractivity contribution in [2.75, 3.05) is 6.26 Å². The molecular weight excluding hydrogens is 400 g/mol. The molecule has 166 valence electrons. The van der Waals surface area contributed by atoms with Gasteiger partial charge in [0.25, 0.3) is 0 Å². The number of aromatic nitrogens is 2. The normalized spacial score (nSPS) is 21.4. The van der Waals surface area contributed by atoms with E-state index in [1.165, 1.54) is 25.7 Å². The molecule has 0 amide bonds. The smallest absolute Gasteiger partial charge is 0.313 e. The zero-order chi connectivity index (χ0) is 21.9. The molecule has 1 N–H and O–H groups in total. The molecule has 0 aromatic carbocycles. The van der Waals surface area contributed by atoms with Gasteiger partial charge in [0.2, 0.25) is 0 Å². The van der Waals surface area contributed by atoms with Crippen LogP contribution in [-0.2, 0) is 26.9 Å². The van der Waals surface area contributed by atoms with Crippen LogP contribution in [0.4, 0.5) is 0 Å². The van der Waals surface area contributed by atoms with Crippen LogP contribution in [-0.4, -0.2) is 37.1 Å². The van der Waals surface area contributed by atoms with Gasteiger partial charge in [0.15, 0.2) is 5.78 Å². The molecule has 0 spiro atoms. The maximum Gasteiger partial charge on any atom is 0.313 e. The Morgan fingerprint density at radius 2 is 1.90 bits per heavy atom. The van der Waals surface area contributed by atoms with Gasteiger partial charge in [-0.25, -0.2) is 0 Å². The van der Waals surface area contributed by atoms with Crippen molar-refractivity contribution in [2.45, 2.75) is 95.5 Å². The fourth-order valence-electron chi connectivity index (χ4n) is 4.77. The first-order valence-electron chi connectivity index (χ1n) is 11.2. The second-order valence-electron chi connectivity index (χ2n) is 8.88. The highest BCUT2D eigenvalue weighted by Gasteiger charge is 2.54. The van der Waals surface area contributed by atoms with Crippen molar-refractivity contribution in [3.8, 4) is 0 Å². The minimum atomic E-state index is -1.23. The molecule has 0 bridgehead atoms. The van der Waals surface area contributed by atoms with Crippen molar-refractivity contribution in [3.63, 3.8) is 0 Å². The Balaban J connectivity index is 1.79. The van der Waals surface area contributed by atoms with Gasteiger partial charge in [-0.1, -0.05) is 39.0 Å². The zero-order valence-electron chi connectivity index (χ0n) is 18.4. The standard InChI is InChI=1S/C23H34N2O4S/c1-4-5-6-7-8-9-12-25-21(30(3)29)20(16(2)24-25)17-13-18(15-19(26)14-17)23(10-11-23)22(27)28/h15,17H,4-14H2,1-3H3,(H,27,28). The van der Waals surface area contributed by atoms with Gasteiger partial charge in [-0.05, 0) is 50.2 Å². The van der Waals surface area contributed by atoms with Crippen molar-refractivity contribution < 1.29 is 18.9 Å². The first kappa shape index (κ1) is 22.9. The second kappa shape index (κ2) is 9.58. The van der Waals surface area contributed by atoms with Crippen molar-refractivity contribution in [1.82, 2.24) is 9.78 Å². The molecular formula is C23H34N2O4S. The number of allylic oxidation sites excluding steroid dienone is 1. The third-order valence-corrected chi connectivity index (χ3v) is 7.53. The van der Waals surface area contributed by atoms with E-state index in [0.717, 1.165) is 36.2 Å². The SMILES string of the molecule is CCCCCCCCn1nc(C)c(C2CC(=O)C=C(C3(C(=O)O)CC3)C2)c1S(C)=O. The Morgan fingerprint density at radius 1 is 1.23 bits per heavy atom. The molecule has 2 aliphatic rings. The lowest BCUT2D eigenvalue weighted by Gasteiger charge is -2.26. The van der Waals surface area contributed by atoms with Gasteiger partial charge in [0, 0.05) is 24.8 Å². The second-order valence-corrected chi connectivity index (χ2v) is 10.2. The van der Waals surface area contributed by atoms with Crippen LogP contribution in [0.5, 0.6) is 0 Å². The topological polar surface area (TPSA) is 89.3 Å². The number of aryl methyl sites for hydroxylation is 2. The van der Waals surface area contributed by atoms with E-state index in [0.29, 0.717) is 30.7 Å². The van der Waals surface area contributed by atoms with Crippen LogP contribution in [0.15, 0.2) is 16.7 Å². The molecule has 0 radical (unpaired) electrons. The summed E-state index contributed by atoms with van der Waals surface area (Å²) in [4.78, 5) is 24.3. The van der Waals surface area contributed by atoms with Gasteiger partial charge in [0.05, 0.1) is 21.9 Å². The lowest BCUT2D eigenvalue weighted by atomic mass is 9.77. The number of hydrogen-bond donors (Lipinski definition) is 1. The minimum Gasteiger partial charge on any atom is -0.481 e. The Morgan fingerprint density at radius 3 is 2.50 bits per heavy atom. The molecule has 7 heteroatoms. The van der Waals surface area contributed by atoms with Gasteiger partial charge >= 0.3 is 5.97 Å². The number of rotatable bonds is 11. The number of carboxylic acids is 1. The van der Waals surface area contributed by atoms with Crippen LogP contribution in [0.2, 0.25) is 0 Å². The van der Waals surface area contributed by atoms with E-state index in [-0.39, 0.29) is 11.7 Å². The summed E-state index contributed by atoms with van der Waals surface area (Å²) in [5, 5.41) is 15.0. The summed E-state index contributed by atoms with van der Waals surface area (Å²) in [5.74, 6) is -1.02. The quantitative estimate of drug-likeness (QED) is 0.517. The minimum absolute atomic E-state index is 0.0373. The van der Waals surface area contributed by atoms with E-state index in [4.69, 9.17) is 0 Å². The summed E-state index contributed by atoms with van der Waals surface area (Å²) in [5.41, 5.74) is 1.57. The highest BCUT2D eigenvalue weighted by molar-refractivity contribution is 7.84. The summed E-state index contributed by atoms with van der Waals surface area (Å²) in [6, 6.07) is 0. The van der Waals surface area contributed by atoms with Crippen molar-refractivity contribution in [2.24, 2.45) is 5.41 Å². The first-order chi connectivity index (χ1) is 14.3. The molecule has 30 heavy (non-hydrogen) atoms. The number of carbonyl (C=O) groups excluding carboxylic acids is 1. The van der Waals surface area contributed by atoms with E-state index in [1.54, 1.807) is 12.3 Å². The number of ketones is 1. The van der Waals surface area contributed by atoms with Crippen LogP contribution >= 0.6 is 0 Å². The fourth-order valence-corrected chi connectivity index (χ4v) is 5.82. The number of unbranched alkanes of at least 4 members (excludes halogenated alkanes) is 5. The van der Waals surface area contributed by atoms with Gasteiger partial charge in [-0.15, -0.1) is 0 Å². The van der Waals surface area contributed by atoms with Crippen molar-refractivity contribution in [3.05, 3.63) is 22.9 Å². The number of carboxylic acid groups (broad SMARTS) is 1. The van der Waals surface area contributed by atoms with Crippen molar-refractivity contribution in [1.29, 1.82) is 0 Å².